The number of fused-ring (bicyclic) bond motifs is 1. The maximum atomic E-state index is 12.1. The van der Waals surface area contributed by atoms with E-state index in [2.05, 4.69) is 10.3 Å². The number of hydrogen-bond acceptors (Lipinski definition) is 7. The maximum Gasteiger partial charge on any atom is 0.260 e. The molecule has 6 nitrogen and oxygen atoms in total. The summed E-state index contributed by atoms with van der Waals surface area (Å²) >= 11 is 2.62. The number of hydrogen-bond donors (Lipinski definition) is 1. The van der Waals surface area contributed by atoms with Crippen molar-refractivity contribution in [3.63, 3.8) is 0 Å². The number of aromatic nitrogens is 1. The van der Waals surface area contributed by atoms with E-state index in [9.17, 15) is 13.2 Å². The number of carbonyl (C=O) groups excluding carboxylic acids is 1. The quantitative estimate of drug-likeness (QED) is 0.711. The van der Waals surface area contributed by atoms with E-state index in [0.29, 0.717) is 26.0 Å². The predicted octanol–water partition coefficient (Wildman–Crippen LogP) is 3.27. The van der Waals surface area contributed by atoms with Gasteiger partial charge in [-0.3, -0.25) is 10.1 Å². The Hall–Kier alpha value is -1.84. The van der Waals surface area contributed by atoms with Crippen LogP contribution in [0.5, 0.6) is 0 Å². The first kappa shape index (κ1) is 16.0. The molecule has 0 spiro atoms. The van der Waals surface area contributed by atoms with Crippen LogP contribution >= 0.6 is 23.1 Å². The number of furan rings is 1. The van der Waals surface area contributed by atoms with Crippen LogP contribution in [-0.2, 0) is 9.84 Å². The third kappa shape index (κ3) is 3.41. The zero-order chi connectivity index (χ0) is 16.6. The van der Waals surface area contributed by atoms with Crippen LogP contribution in [0.25, 0.3) is 10.2 Å². The molecule has 2 heterocycles. The lowest BCUT2D eigenvalue weighted by Crippen LogP contribution is -2.10. The first-order chi connectivity index (χ1) is 10.9. The summed E-state index contributed by atoms with van der Waals surface area (Å²) in [5.41, 5.74) is 1.04. The molecule has 0 atom stereocenters. The van der Waals surface area contributed by atoms with E-state index in [1.807, 2.05) is 6.26 Å². The summed E-state index contributed by atoms with van der Waals surface area (Å²) in [6.45, 7) is 0. The summed E-state index contributed by atoms with van der Waals surface area (Å²) in [6, 6.07) is 6.34. The molecular formula is C14H12N2O4S3. The molecular weight excluding hydrogens is 356 g/mol. The van der Waals surface area contributed by atoms with Gasteiger partial charge in [0.1, 0.15) is 6.26 Å². The Balaban J connectivity index is 1.87. The van der Waals surface area contributed by atoms with Gasteiger partial charge in [-0.2, -0.15) is 0 Å². The Kier molecular flexibility index (Phi) is 4.17. The Bertz CT molecular complexity index is 989. The lowest BCUT2D eigenvalue weighted by Gasteiger charge is -1.96. The molecule has 0 unspecified atom stereocenters. The fraction of sp³-hybridized carbons (Fsp3) is 0.143. The minimum atomic E-state index is -3.27. The fourth-order valence-corrected chi connectivity index (χ4v) is 3.91. The molecule has 0 bridgehead atoms. The van der Waals surface area contributed by atoms with Gasteiger partial charge in [0.2, 0.25) is 0 Å². The molecule has 120 valence electrons. The highest BCUT2D eigenvalue weighted by molar-refractivity contribution is 7.98. The summed E-state index contributed by atoms with van der Waals surface area (Å²) in [5.74, 6) is -0.323. The van der Waals surface area contributed by atoms with Crippen LogP contribution in [0.3, 0.4) is 0 Å². The van der Waals surface area contributed by atoms with Crippen LogP contribution in [0, 0.1) is 0 Å². The lowest BCUT2D eigenvalue weighted by atomic mass is 10.3. The average Bonchev–Trinajstić information content (AvgIpc) is 3.11. The summed E-state index contributed by atoms with van der Waals surface area (Å²) in [7, 11) is -3.27. The number of anilines is 1. The standard InChI is InChI=1S/C14H12N2O4S3/c1-21-12-5-8(7-20-12)13(17)16-14-15-10-4-3-9(23(2,18)19)6-11(10)22-14/h3-7H,1-2H3,(H,15,16,17). The second kappa shape index (κ2) is 5.99. The van der Waals surface area contributed by atoms with E-state index in [4.69, 9.17) is 4.42 Å². The van der Waals surface area contributed by atoms with E-state index in [-0.39, 0.29) is 10.8 Å². The number of rotatable bonds is 4. The van der Waals surface area contributed by atoms with Gasteiger partial charge in [0.05, 0.1) is 20.7 Å². The molecule has 0 aliphatic carbocycles. The highest BCUT2D eigenvalue weighted by Crippen LogP contribution is 2.28. The number of sulfone groups is 1. The number of amides is 1. The van der Waals surface area contributed by atoms with Crippen molar-refractivity contribution in [3.8, 4) is 0 Å². The first-order valence-electron chi connectivity index (χ1n) is 6.41. The van der Waals surface area contributed by atoms with Crippen LogP contribution in [0.4, 0.5) is 5.13 Å². The Labute approximate surface area is 140 Å². The molecule has 0 radical (unpaired) electrons. The molecule has 0 fully saturated rings. The van der Waals surface area contributed by atoms with Crippen molar-refractivity contribution < 1.29 is 17.6 Å². The van der Waals surface area contributed by atoms with Crippen molar-refractivity contribution in [2.24, 2.45) is 0 Å². The monoisotopic (exact) mass is 368 g/mol. The number of thiazole rings is 1. The number of benzene rings is 1. The van der Waals surface area contributed by atoms with Crippen molar-refractivity contribution >= 4 is 54.2 Å². The molecule has 1 aromatic carbocycles. The number of nitrogens with one attached hydrogen (secondary N) is 1. The molecule has 1 N–H and O–H groups in total. The second-order valence-corrected chi connectivity index (χ2v) is 8.59. The molecule has 0 aliphatic rings. The molecule has 23 heavy (non-hydrogen) atoms. The van der Waals surface area contributed by atoms with Gasteiger partial charge in [0, 0.05) is 12.3 Å². The Morgan fingerprint density at radius 1 is 1.35 bits per heavy atom. The minimum absolute atomic E-state index is 0.228. The number of carbonyl (C=O) groups is 1. The number of nitrogens with zero attached hydrogens (tertiary/aromatic N) is 1. The fourth-order valence-electron chi connectivity index (χ4n) is 1.90. The van der Waals surface area contributed by atoms with Gasteiger partial charge >= 0.3 is 0 Å². The van der Waals surface area contributed by atoms with Gasteiger partial charge in [-0.25, -0.2) is 13.4 Å². The molecule has 2 aromatic heterocycles. The SMILES string of the molecule is CSc1cc(C(=O)Nc2nc3ccc(S(C)(=O)=O)cc3s2)co1. The van der Waals surface area contributed by atoms with E-state index in [0.717, 1.165) is 6.26 Å². The van der Waals surface area contributed by atoms with Crippen molar-refractivity contribution in [2.45, 2.75) is 9.99 Å². The summed E-state index contributed by atoms with van der Waals surface area (Å²) in [6.07, 6.45) is 4.39. The van der Waals surface area contributed by atoms with Crippen LogP contribution in [0.2, 0.25) is 0 Å². The van der Waals surface area contributed by atoms with Crippen LogP contribution in [0.15, 0.2) is 44.9 Å². The lowest BCUT2D eigenvalue weighted by molar-refractivity contribution is 0.102. The predicted molar refractivity (Wildman–Crippen MR) is 91.2 cm³/mol. The van der Waals surface area contributed by atoms with Gasteiger partial charge < -0.3 is 4.42 Å². The van der Waals surface area contributed by atoms with Gasteiger partial charge in [-0.1, -0.05) is 23.1 Å². The van der Waals surface area contributed by atoms with E-state index in [1.54, 1.807) is 18.2 Å². The number of thioether (sulfide) groups is 1. The topological polar surface area (TPSA) is 89.3 Å². The third-order valence-electron chi connectivity index (χ3n) is 3.05. The molecule has 0 aliphatic heterocycles. The van der Waals surface area contributed by atoms with Crippen LogP contribution < -0.4 is 5.32 Å². The maximum absolute atomic E-state index is 12.1. The summed E-state index contributed by atoms with van der Waals surface area (Å²) in [5, 5.41) is 3.75. The molecule has 9 heteroatoms. The van der Waals surface area contributed by atoms with Crippen LogP contribution in [0.1, 0.15) is 10.4 Å². The molecule has 3 rings (SSSR count). The highest BCUT2D eigenvalue weighted by Gasteiger charge is 2.14. The van der Waals surface area contributed by atoms with E-state index >= 15 is 0 Å². The normalized spacial score (nSPS) is 11.7. The van der Waals surface area contributed by atoms with Gasteiger partial charge in [-0.15, -0.1) is 0 Å². The minimum Gasteiger partial charge on any atom is -0.457 e. The zero-order valence-corrected chi connectivity index (χ0v) is 14.6. The van der Waals surface area contributed by atoms with Gasteiger partial charge in [0.15, 0.2) is 20.1 Å². The van der Waals surface area contributed by atoms with Crippen molar-refractivity contribution in [1.82, 2.24) is 4.98 Å². The second-order valence-electron chi connectivity index (χ2n) is 4.73. The first-order valence-corrected chi connectivity index (χ1v) is 10.3. The van der Waals surface area contributed by atoms with Crippen LogP contribution in [-0.4, -0.2) is 31.8 Å². The van der Waals surface area contributed by atoms with E-state index in [1.165, 1.54) is 35.4 Å². The average molecular weight is 368 g/mol. The molecule has 1 amide bonds. The van der Waals surface area contributed by atoms with Crippen molar-refractivity contribution in [1.29, 1.82) is 0 Å². The van der Waals surface area contributed by atoms with Gasteiger partial charge in [-0.05, 0) is 24.5 Å². The van der Waals surface area contributed by atoms with Crippen molar-refractivity contribution in [3.05, 3.63) is 36.1 Å². The molecule has 3 aromatic rings. The zero-order valence-electron chi connectivity index (χ0n) is 12.2. The Morgan fingerprint density at radius 3 is 2.78 bits per heavy atom. The van der Waals surface area contributed by atoms with Gasteiger partial charge in [0.25, 0.3) is 5.91 Å². The third-order valence-corrected chi connectivity index (χ3v) is 5.71. The van der Waals surface area contributed by atoms with E-state index < -0.39 is 9.84 Å². The summed E-state index contributed by atoms with van der Waals surface area (Å²) in [4.78, 5) is 16.6. The molecule has 0 saturated carbocycles. The smallest absolute Gasteiger partial charge is 0.260 e. The largest absolute Gasteiger partial charge is 0.457 e. The van der Waals surface area contributed by atoms with Crippen molar-refractivity contribution in [2.75, 3.05) is 17.8 Å². The molecule has 0 saturated heterocycles. The summed E-state index contributed by atoms with van der Waals surface area (Å²) < 4.78 is 29.1. The Morgan fingerprint density at radius 2 is 2.13 bits per heavy atom. The highest BCUT2D eigenvalue weighted by atomic mass is 32.2.